The van der Waals surface area contributed by atoms with Crippen molar-refractivity contribution in [2.24, 2.45) is 7.05 Å². The quantitative estimate of drug-likeness (QED) is 0.582. The highest BCUT2D eigenvalue weighted by Gasteiger charge is 2.31. The number of aliphatic hydroxyl groups excluding tert-OH is 1. The zero-order chi connectivity index (χ0) is 22.0. The molecule has 2 atom stereocenters. The number of nitrogens with zero attached hydrogens (tertiary/aromatic N) is 6. The Morgan fingerprint density at radius 3 is 2.58 bits per heavy atom. The van der Waals surface area contributed by atoms with Crippen molar-refractivity contribution in [2.75, 3.05) is 23.7 Å². The second-order valence-electron chi connectivity index (χ2n) is 7.99. The molecule has 2 aliphatic rings. The third-order valence-electron chi connectivity index (χ3n) is 5.82. The molecule has 0 radical (unpaired) electrons. The van der Waals surface area contributed by atoms with Crippen LogP contribution in [0.1, 0.15) is 37.7 Å². The molecule has 31 heavy (non-hydrogen) atoms. The zero-order valence-electron chi connectivity index (χ0n) is 17.3. The Hall–Kier alpha value is -2.75. The Kier molecular flexibility index (Phi) is 6.08. The minimum atomic E-state index is -3.55. The molecule has 1 saturated heterocycles. The van der Waals surface area contributed by atoms with Crippen molar-refractivity contribution in [3.8, 4) is 6.07 Å². The summed E-state index contributed by atoms with van der Waals surface area (Å²) in [6.07, 6.45) is 7.56. The van der Waals surface area contributed by atoms with E-state index in [9.17, 15) is 18.8 Å². The summed E-state index contributed by atoms with van der Waals surface area (Å²) in [5.74, 6) is 0.782. The van der Waals surface area contributed by atoms with Gasteiger partial charge in [0, 0.05) is 32.4 Å². The zero-order valence-corrected chi connectivity index (χ0v) is 18.1. The summed E-state index contributed by atoms with van der Waals surface area (Å²) in [7, 11) is -1.87. The van der Waals surface area contributed by atoms with Gasteiger partial charge in [-0.25, -0.2) is 13.4 Å². The Morgan fingerprint density at radius 2 is 1.97 bits per heavy atom. The van der Waals surface area contributed by atoms with Gasteiger partial charge < -0.3 is 15.7 Å². The average Bonchev–Trinajstić information content (AvgIpc) is 3.37. The van der Waals surface area contributed by atoms with Crippen LogP contribution in [0.5, 0.6) is 0 Å². The van der Waals surface area contributed by atoms with E-state index in [-0.39, 0.29) is 17.0 Å². The Labute approximate surface area is 181 Å². The second kappa shape index (κ2) is 8.78. The molecule has 0 unspecified atom stereocenters. The van der Waals surface area contributed by atoms with E-state index in [1.807, 2.05) is 0 Å². The summed E-state index contributed by atoms with van der Waals surface area (Å²) >= 11 is 0. The van der Waals surface area contributed by atoms with Gasteiger partial charge in [0.2, 0.25) is 16.0 Å². The number of anilines is 2. The minimum absolute atomic E-state index is 0.0122. The molecule has 1 aliphatic carbocycles. The smallest absolute Gasteiger partial charge is 0.246 e. The van der Waals surface area contributed by atoms with Gasteiger partial charge in [0.1, 0.15) is 22.3 Å². The highest BCUT2D eigenvalue weighted by Crippen LogP contribution is 2.25. The van der Waals surface area contributed by atoms with Crippen LogP contribution in [0, 0.1) is 11.3 Å². The maximum absolute atomic E-state index is 12.7. The first-order chi connectivity index (χ1) is 14.9. The molecule has 0 amide bonds. The van der Waals surface area contributed by atoms with Gasteiger partial charge in [0.15, 0.2) is 0 Å². The summed E-state index contributed by atoms with van der Waals surface area (Å²) in [4.78, 5) is 8.87. The first kappa shape index (κ1) is 21.5. The van der Waals surface area contributed by atoms with Crippen molar-refractivity contribution in [2.45, 2.75) is 55.2 Å². The van der Waals surface area contributed by atoms with E-state index in [0.717, 1.165) is 19.3 Å². The van der Waals surface area contributed by atoms with Gasteiger partial charge in [-0.3, -0.25) is 4.68 Å². The molecule has 2 aromatic heterocycles. The van der Waals surface area contributed by atoms with E-state index >= 15 is 0 Å². The van der Waals surface area contributed by atoms with Crippen LogP contribution in [0.15, 0.2) is 23.5 Å². The van der Waals surface area contributed by atoms with Gasteiger partial charge in [-0.15, -0.1) is 0 Å². The number of nitrogens with one attached hydrogen (secondary N) is 2. The van der Waals surface area contributed by atoms with E-state index in [4.69, 9.17) is 0 Å². The van der Waals surface area contributed by atoms with E-state index in [1.54, 1.807) is 7.05 Å². The molecule has 166 valence electrons. The predicted octanol–water partition coefficient (Wildman–Crippen LogP) is 0.672. The van der Waals surface area contributed by atoms with E-state index < -0.39 is 16.1 Å². The molecule has 2 fully saturated rings. The van der Waals surface area contributed by atoms with Crippen LogP contribution in [-0.2, 0) is 17.1 Å². The molecular formula is C19H26N8O3S. The van der Waals surface area contributed by atoms with Crippen molar-refractivity contribution in [3.05, 3.63) is 24.2 Å². The van der Waals surface area contributed by atoms with Crippen LogP contribution < -0.4 is 10.6 Å². The lowest BCUT2D eigenvalue weighted by molar-refractivity contribution is 0.171. The third kappa shape index (κ3) is 4.63. The minimum Gasteiger partial charge on any atom is -0.391 e. The number of hydrogen-bond acceptors (Lipinski definition) is 9. The summed E-state index contributed by atoms with van der Waals surface area (Å²) < 4.78 is 28.4. The lowest BCUT2D eigenvalue weighted by Gasteiger charge is -2.31. The maximum atomic E-state index is 12.7. The lowest BCUT2D eigenvalue weighted by Crippen LogP contribution is -2.42. The molecule has 2 aromatic rings. The molecule has 4 rings (SSSR count). The predicted molar refractivity (Wildman–Crippen MR) is 113 cm³/mol. The van der Waals surface area contributed by atoms with E-state index in [0.29, 0.717) is 43.3 Å². The van der Waals surface area contributed by atoms with Gasteiger partial charge in [0.05, 0.1) is 24.5 Å². The molecule has 12 heteroatoms. The SMILES string of the molecule is Cn1cc(S(=O)(=O)N2CCC(Nc3ncc(C#N)c(N[C@H]4CCC[C@@H]4O)n3)CC2)cn1. The first-order valence-electron chi connectivity index (χ1n) is 10.3. The summed E-state index contributed by atoms with van der Waals surface area (Å²) in [5, 5.41) is 29.8. The Bertz CT molecular complexity index is 1070. The van der Waals surface area contributed by atoms with Gasteiger partial charge in [-0.05, 0) is 32.1 Å². The number of sulfonamides is 1. The monoisotopic (exact) mass is 446 g/mol. The van der Waals surface area contributed by atoms with Crippen LogP contribution in [-0.4, -0.2) is 68.9 Å². The van der Waals surface area contributed by atoms with Crippen molar-refractivity contribution in [3.63, 3.8) is 0 Å². The summed E-state index contributed by atoms with van der Waals surface area (Å²) in [6, 6.07) is 1.96. The molecule has 3 heterocycles. The average molecular weight is 447 g/mol. The molecule has 0 spiro atoms. The standard InChI is InChI=1S/C19H26N8O3S/c1-26-12-15(11-22-26)31(29,30)27-7-5-14(6-8-27)23-19-21-10-13(9-20)18(25-19)24-16-3-2-4-17(16)28/h10-12,14,16-17,28H,2-8H2,1H3,(H2,21,23,24,25)/t16-,17-/m0/s1. The Balaban J connectivity index is 1.39. The van der Waals surface area contributed by atoms with Crippen LogP contribution in [0.2, 0.25) is 0 Å². The van der Waals surface area contributed by atoms with Crippen LogP contribution in [0.25, 0.3) is 0 Å². The molecule has 11 nitrogen and oxygen atoms in total. The molecule has 3 N–H and O–H groups in total. The second-order valence-corrected chi connectivity index (χ2v) is 9.93. The van der Waals surface area contributed by atoms with Crippen LogP contribution in [0.3, 0.4) is 0 Å². The number of nitriles is 1. The fraction of sp³-hybridized carbons (Fsp3) is 0.579. The summed E-state index contributed by atoms with van der Waals surface area (Å²) in [5.41, 5.74) is 0.321. The van der Waals surface area contributed by atoms with Crippen molar-refractivity contribution in [1.29, 1.82) is 5.26 Å². The largest absolute Gasteiger partial charge is 0.391 e. The summed E-state index contributed by atoms with van der Waals surface area (Å²) in [6.45, 7) is 0.759. The van der Waals surface area contributed by atoms with Gasteiger partial charge >= 0.3 is 0 Å². The molecular weight excluding hydrogens is 420 g/mol. The molecule has 1 saturated carbocycles. The number of aryl methyl sites for hydroxylation is 1. The van der Waals surface area contributed by atoms with Gasteiger partial charge in [-0.1, -0.05) is 0 Å². The van der Waals surface area contributed by atoms with Gasteiger partial charge in [0.25, 0.3) is 0 Å². The fourth-order valence-corrected chi connectivity index (χ4v) is 5.49. The van der Waals surface area contributed by atoms with Crippen molar-refractivity contribution >= 4 is 21.8 Å². The number of aliphatic hydroxyl groups is 1. The topological polar surface area (TPSA) is 149 Å². The van der Waals surface area contributed by atoms with Crippen molar-refractivity contribution in [1.82, 2.24) is 24.1 Å². The highest BCUT2D eigenvalue weighted by atomic mass is 32.2. The molecule has 1 aliphatic heterocycles. The molecule has 0 aromatic carbocycles. The normalized spacial score (nSPS) is 22.9. The molecule has 0 bridgehead atoms. The van der Waals surface area contributed by atoms with Gasteiger partial charge in [-0.2, -0.15) is 19.6 Å². The lowest BCUT2D eigenvalue weighted by atomic mass is 10.1. The highest BCUT2D eigenvalue weighted by molar-refractivity contribution is 7.89. The van der Waals surface area contributed by atoms with E-state index in [1.165, 1.54) is 27.6 Å². The van der Waals surface area contributed by atoms with Crippen molar-refractivity contribution < 1.29 is 13.5 Å². The first-order valence-corrected chi connectivity index (χ1v) is 11.8. The number of rotatable bonds is 6. The Morgan fingerprint density at radius 1 is 1.19 bits per heavy atom. The van der Waals surface area contributed by atoms with Crippen LogP contribution in [0.4, 0.5) is 11.8 Å². The van der Waals surface area contributed by atoms with E-state index in [2.05, 4.69) is 31.8 Å². The third-order valence-corrected chi connectivity index (χ3v) is 7.67. The number of aromatic nitrogens is 4. The maximum Gasteiger partial charge on any atom is 0.246 e. The van der Waals surface area contributed by atoms with Crippen LogP contribution >= 0.6 is 0 Å². The number of piperidine rings is 1. The fourth-order valence-electron chi connectivity index (χ4n) is 4.03. The number of hydrogen-bond donors (Lipinski definition) is 3.